The predicted molar refractivity (Wildman–Crippen MR) is 72.4 cm³/mol. The number of aromatic amines is 1. The van der Waals surface area contributed by atoms with E-state index in [0.717, 1.165) is 22.4 Å². The van der Waals surface area contributed by atoms with Gasteiger partial charge in [0.1, 0.15) is 12.7 Å². The van der Waals surface area contributed by atoms with E-state index in [9.17, 15) is 0 Å². The topological polar surface area (TPSA) is 60.8 Å². The van der Waals surface area contributed by atoms with E-state index in [1.807, 2.05) is 12.4 Å². The number of halogens is 1. The minimum absolute atomic E-state index is 0.628. The standard InChI is InChI=1S/C12H13ClN6/c13-18-6-11-14-3-4-19(11)12(7-18)15-10-5-9(16-17-10)8-1-2-8/h3-5,7-8H,1-2,6H2,(H2,15,16,17)/p+1. The van der Waals surface area contributed by atoms with Gasteiger partial charge in [-0.05, 0) is 12.8 Å². The Bertz CT molecular complexity index is 597. The quantitative estimate of drug-likeness (QED) is 0.714. The Morgan fingerprint density at radius 3 is 3.21 bits per heavy atom. The molecule has 98 valence electrons. The molecule has 0 amide bonds. The van der Waals surface area contributed by atoms with Gasteiger partial charge in [-0.1, -0.05) is 0 Å². The van der Waals surface area contributed by atoms with Crippen LogP contribution in [0.4, 0.5) is 5.82 Å². The molecular weight excluding hydrogens is 264 g/mol. The summed E-state index contributed by atoms with van der Waals surface area (Å²) in [5.74, 6) is 3.41. The molecule has 1 fully saturated rings. The van der Waals surface area contributed by atoms with Crippen molar-refractivity contribution in [2.75, 3.05) is 11.9 Å². The lowest BCUT2D eigenvalue weighted by atomic mass is 10.3. The van der Waals surface area contributed by atoms with Crippen LogP contribution in [0.1, 0.15) is 24.5 Å². The molecule has 3 aliphatic rings. The van der Waals surface area contributed by atoms with Crippen molar-refractivity contribution in [1.82, 2.24) is 14.6 Å². The second-order valence-corrected chi connectivity index (χ2v) is 5.45. The SMILES string of the molecule is ClN1C=C(Nc2cc(C3CC3)[nH]n2)[NH+]2C=CN=C2C1. The number of anilines is 1. The highest BCUT2D eigenvalue weighted by atomic mass is 35.5. The van der Waals surface area contributed by atoms with Crippen molar-refractivity contribution in [3.63, 3.8) is 0 Å². The number of quaternary nitrogens is 1. The third-order valence-electron chi connectivity index (χ3n) is 3.52. The number of rotatable bonds is 3. The summed E-state index contributed by atoms with van der Waals surface area (Å²) in [7, 11) is 0. The predicted octanol–water partition coefficient (Wildman–Crippen LogP) is 0.735. The number of hydrogen-bond donors (Lipinski definition) is 3. The average molecular weight is 278 g/mol. The minimum Gasteiger partial charge on any atom is -0.292 e. The second kappa shape index (κ2) is 4.11. The van der Waals surface area contributed by atoms with E-state index < -0.39 is 0 Å². The molecule has 1 unspecified atom stereocenters. The van der Waals surface area contributed by atoms with E-state index >= 15 is 0 Å². The Morgan fingerprint density at radius 2 is 2.37 bits per heavy atom. The lowest BCUT2D eigenvalue weighted by Gasteiger charge is -2.23. The maximum absolute atomic E-state index is 6.08. The van der Waals surface area contributed by atoms with Gasteiger partial charge in [0.05, 0.1) is 12.4 Å². The summed E-state index contributed by atoms with van der Waals surface area (Å²) in [6.07, 6.45) is 8.19. The van der Waals surface area contributed by atoms with Crippen molar-refractivity contribution in [2.45, 2.75) is 18.8 Å². The van der Waals surface area contributed by atoms with Gasteiger partial charge in [0.15, 0.2) is 5.82 Å². The molecule has 0 radical (unpaired) electrons. The largest absolute Gasteiger partial charge is 0.292 e. The molecule has 3 N–H and O–H groups in total. The maximum atomic E-state index is 6.08. The number of hydrogen-bond acceptors (Lipinski definition) is 4. The smallest absolute Gasteiger partial charge is 0.233 e. The van der Waals surface area contributed by atoms with Crippen molar-refractivity contribution in [1.29, 1.82) is 0 Å². The van der Waals surface area contributed by atoms with Crippen LogP contribution >= 0.6 is 11.8 Å². The molecule has 6 nitrogen and oxygen atoms in total. The van der Waals surface area contributed by atoms with Crippen molar-refractivity contribution in [3.8, 4) is 0 Å². The molecule has 2 aliphatic heterocycles. The summed E-state index contributed by atoms with van der Waals surface area (Å²) < 4.78 is 1.60. The van der Waals surface area contributed by atoms with Gasteiger partial charge in [-0.15, -0.1) is 0 Å². The van der Waals surface area contributed by atoms with Gasteiger partial charge in [0.2, 0.25) is 11.7 Å². The van der Waals surface area contributed by atoms with Crippen LogP contribution in [-0.4, -0.2) is 27.0 Å². The van der Waals surface area contributed by atoms with Crippen molar-refractivity contribution >= 4 is 23.4 Å². The Hall–Kier alpha value is -1.79. The van der Waals surface area contributed by atoms with Crippen LogP contribution in [0.5, 0.6) is 0 Å². The van der Waals surface area contributed by atoms with E-state index in [1.165, 1.54) is 18.5 Å². The third kappa shape index (κ3) is 2.02. The van der Waals surface area contributed by atoms with Gasteiger partial charge < -0.3 is 0 Å². The first-order valence-corrected chi connectivity index (χ1v) is 6.71. The zero-order valence-electron chi connectivity index (χ0n) is 10.2. The zero-order valence-corrected chi connectivity index (χ0v) is 11.0. The molecule has 0 saturated heterocycles. The van der Waals surface area contributed by atoms with E-state index in [2.05, 4.69) is 26.6 Å². The molecule has 3 heterocycles. The number of fused-ring (bicyclic) bond motifs is 1. The fourth-order valence-corrected chi connectivity index (χ4v) is 2.59. The van der Waals surface area contributed by atoms with Crippen LogP contribution in [0.15, 0.2) is 35.5 Å². The normalized spacial score (nSPS) is 25.1. The summed E-state index contributed by atoms with van der Waals surface area (Å²) in [6.45, 7) is 0.628. The maximum Gasteiger partial charge on any atom is 0.233 e. The summed E-state index contributed by atoms with van der Waals surface area (Å²) in [4.78, 5) is 5.40. The highest BCUT2D eigenvalue weighted by molar-refractivity contribution is 6.15. The molecule has 4 rings (SSSR count). The molecule has 1 aliphatic carbocycles. The fourth-order valence-electron chi connectivity index (χ4n) is 2.38. The second-order valence-electron chi connectivity index (χ2n) is 5.01. The van der Waals surface area contributed by atoms with Crippen LogP contribution in [-0.2, 0) is 0 Å². The Balaban J connectivity index is 1.57. The molecule has 0 spiro atoms. The number of nitrogens with one attached hydrogen (secondary N) is 3. The molecule has 7 heteroatoms. The van der Waals surface area contributed by atoms with Gasteiger partial charge in [-0.2, -0.15) is 5.10 Å². The highest BCUT2D eigenvalue weighted by Gasteiger charge is 2.31. The molecule has 19 heavy (non-hydrogen) atoms. The zero-order chi connectivity index (χ0) is 12.8. The van der Waals surface area contributed by atoms with E-state index in [-0.39, 0.29) is 0 Å². The highest BCUT2D eigenvalue weighted by Crippen LogP contribution is 2.39. The lowest BCUT2D eigenvalue weighted by Crippen LogP contribution is -3.10. The summed E-state index contributed by atoms with van der Waals surface area (Å²) >= 11 is 6.08. The monoisotopic (exact) mass is 277 g/mol. The Kier molecular flexibility index (Phi) is 2.39. The lowest BCUT2D eigenvalue weighted by molar-refractivity contribution is -0.699. The van der Waals surface area contributed by atoms with Crippen LogP contribution in [0.2, 0.25) is 0 Å². The Labute approximate surface area is 115 Å². The fraction of sp³-hybridized carbons (Fsp3) is 0.333. The number of amidine groups is 1. The molecule has 1 saturated carbocycles. The van der Waals surface area contributed by atoms with E-state index in [1.54, 1.807) is 10.6 Å². The first-order chi connectivity index (χ1) is 9.29. The van der Waals surface area contributed by atoms with E-state index in [0.29, 0.717) is 12.5 Å². The number of H-pyrrole nitrogens is 1. The van der Waals surface area contributed by atoms with Crippen LogP contribution < -0.4 is 10.2 Å². The number of nitrogens with zero attached hydrogens (tertiary/aromatic N) is 3. The van der Waals surface area contributed by atoms with Crippen molar-refractivity contribution < 1.29 is 4.90 Å². The van der Waals surface area contributed by atoms with Crippen LogP contribution in [0.25, 0.3) is 0 Å². The first kappa shape index (κ1) is 11.1. The summed E-state index contributed by atoms with van der Waals surface area (Å²) in [5.41, 5.74) is 1.21. The number of aliphatic imine (C=N–C) groups is 1. The third-order valence-corrected chi connectivity index (χ3v) is 3.74. The summed E-state index contributed by atoms with van der Waals surface area (Å²) in [6, 6.07) is 2.07. The molecule has 0 aromatic carbocycles. The van der Waals surface area contributed by atoms with Gasteiger partial charge in [-0.25, -0.2) is 9.89 Å². The first-order valence-electron chi connectivity index (χ1n) is 6.37. The minimum atomic E-state index is 0.628. The van der Waals surface area contributed by atoms with Gasteiger partial charge >= 0.3 is 0 Å². The molecule has 1 aromatic rings. The van der Waals surface area contributed by atoms with Gasteiger partial charge in [-0.3, -0.25) is 14.8 Å². The van der Waals surface area contributed by atoms with Crippen LogP contribution in [0.3, 0.4) is 0 Å². The van der Waals surface area contributed by atoms with Crippen molar-refractivity contribution in [2.24, 2.45) is 4.99 Å². The van der Waals surface area contributed by atoms with Crippen molar-refractivity contribution in [3.05, 3.63) is 36.2 Å². The molecule has 1 aromatic heterocycles. The average Bonchev–Trinajstić information content (AvgIpc) is 2.95. The molecular formula is C12H14ClN6+. The Morgan fingerprint density at radius 1 is 1.47 bits per heavy atom. The van der Waals surface area contributed by atoms with Gasteiger partial charge in [0, 0.05) is 29.5 Å². The molecule has 0 bridgehead atoms. The molecule has 1 atom stereocenters. The van der Waals surface area contributed by atoms with Gasteiger partial charge in [0.25, 0.3) is 0 Å². The van der Waals surface area contributed by atoms with Crippen LogP contribution in [0, 0.1) is 0 Å². The van der Waals surface area contributed by atoms with E-state index in [4.69, 9.17) is 11.8 Å². The summed E-state index contributed by atoms with van der Waals surface area (Å²) in [5, 5.41) is 10.7. The number of aromatic nitrogens is 2.